The second-order valence-corrected chi connectivity index (χ2v) is 5.46. The molecule has 0 unspecified atom stereocenters. The van der Waals surface area contributed by atoms with Gasteiger partial charge in [0.1, 0.15) is 0 Å². The first-order valence-corrected chi connectivity index (χ1v) is 7.54. The Morgan fingerprint density at radius 2 is 2.14 bits per heavy atom. The number of nitro groups is 1. The highest BCUT2D eigenvalue weighted by Gasteiger charge is 2.13. The van der Waals surface area contributed by atoms with Crippen LogP contribution in [0.25, 0.3) is 0 Å². The molecule has 22 heavy (non-hydrogen) atoms. The summed E-state index contributed by atoms with van der Waals surface area (Å²) in [7, 11) is 0. The number of piperazine rings is 1. The maximum absolute atomic E-state index is 12.1. The number of amides is 1. The third-order valence-corrected chi connectivity index (χ3v) is 3.81. The lowest BCUT2D eigenvalue weighted by Gasteiger charge is -2.27. The van der Waals surface area contributed by atoms with Crippen molar-refractivity contribution in [2.24, 2.45) is 0 Å². The van der Waals surface area contributed by atoms with Crippen LogP contribution in [-0.2, 0) is 0 Å². The van der Waals surface area contributed by atoms with Crippen LogP contribution in [0, 0.1) is 17.0 Å². The summed E-state index contributed by atoms with van der Waals surface area (Å²) in [6.07, 6.45) is 0.901. The molecule has 7 nitrogen and oxygen atoms in total. The van der Waals surface area contributed by atoms with Crippen molar-refractivity contribution in [3.8, 4) is 0 Å². The number of hydrogen-bond donors (Lipinski definition) is 2. The van der Waals surface area contributed by atoms with Gasteiger partial charge in [0.2, 0.25) is 0 Å². The monoisotopic (exact) mass is 306 g/mol. The lowest BCUT2D eigenvalue weighted by molar-refractivity contribution is -0.384. The van der Waals surface area contributed by atoms with Crippen molar-refractivity contribution in [3.05, 3.63) is 39.4 Å². The van der Waals surface area contributed by atoms with Gasteiger partial charge in [0.25, 0.3) is 11.6 Å². The minimum absolute atomic E-state index is 0.00718. The predicted molar refractivity (Wildman–Crippen MR) is 84.1 cm³/mol. The molecular weight excluding hydrogens is 284 g/mol. The van der Waals surface area contributed by atoms with Crippen molar-refractivity contribution < 1.29 is 9.72 Å². The number of hydrogen-bond acceptors (Lipinski definition) is 5. The number of rotatable bonds is 6. The first-order valence-electron chi connectivity index (χ1n) is 7.54. The van der Waals surface area contributed by atoms with Crippen molar-refractivity contribution in [3.63, 3.8) is 0 Å². The van der Waals surface area contributed by atoms with E-state index >= 15 is 0 Å². The molecule has 120 valence electrons. The van der Waals surface area contributed by atoms with Crippen molar-refractivity contribution in [2.45, 2.75) is 13.3 Å². The van der Waals surface area contributed by atoms with Crippen LogP contribution in [0.1, 0.15) is 22.3 Å². The second-order valence-electron chi connectivity index (χ2n) is 5.46. The summed E-state index contributed by atoms with van der Waals surface area (Å²) >= 11 is 0. The smallest absolute Gasteiger partial charge is 0.269 e. The molecule has 1 aromatic carbocycles. The molecule has 0 radical (unpaired) electrons. The van der Waals surface area contributed by atoms with E-state index in [2.05, 4.69) is 15.5 Å². The van der Waals surface area contributed by atoms with E-state index in [-0.39, 0.29) is 11.6 Å². The number of carbonyl (C=O) groups is 1. The quantitative estimate of drug-likeness (QED) is 0.464. The fourth-order valence-corrected chi connectivity index (χ4v) is 2.55. The Morgan fingerprint density at radius 1 is 1.41 bits per heavy atom. The molecule has 7 heteroatoms. The van der Waals surface area contributed by atoms with E-state index < -0.39 is 4.92 Å². The molecular formula is C15H22N4O3. The van der Waals surface area contributed by atoms with Crippen LogP contribution in [0.2, 0.25) is 0 Å². The molecule has 1 heterocycles. The molecule has 0 spiro atoms. The Kier molecular flexibility index (Phi) is 5.85. The van der Waals surface area contributed by atoms with Gasteiger partial charge in [-0.2, -0.15) is 0 Å². The molecule has 0 aromatic heterocycles. The molecule has 0 saturated carbocycles. The zero-order chi connectivity index (χ0) is 15.9. The zero-order valence-corrected chi connectivity index (χ0v) is 12.8. The van der Waals surface area contributed by atoms with Crippen LogP contribution < -0.4 is 10.6 Å². The molecule has 0 atom stereocenters. The maximum atomic E-state index is 12.1. The van der Waals surface area contributed by atoms with E-state index in [0.717, 1.165) is 39.1 Å². The molecule has 0 bridgehead atoms. The third-order valence-electron chi connectivity index (χ3n) is 3.81. The third kappa shape index (κ3) is 4.51. The highest BCUT2D eigenvalue weighted by molar-refractivity contribution is 5.95. The molecule has 1 aromatic rings. The summed E-state index contributed by atoms with van der Waals surface area (Å²) in [5.41, 5.74) is 1.12. The Hall–Kier alpha value is -1.99. The van der Waals surface area contributed by atoms with Gasteiger partial charge in [-0.1, -0.05) is 0 Å². The fraction of sp³-hybridized carbons (Fsp3) is 0.533. The van der Waals surface area contributed by atoms with Crippen LogP contribution in [0.5, 0.6) is 0 Å². The Balaban J connectivity index is 1.78. The second kappa shape index (κ2) is 7.86. The van der Waals surface area contributed by atoms with E-state index in [1.807, 2.05) is 0 Å². The molecule has 2 rings (SSSR count). The van der Waals surface area contributed by atoms with Crippen molar-refractivity contribution in [1.29, 1.82) is 0 Å². The summed E-state index contributed by atoms with van der Waals surface area (Å²) < 4.78 is 0. The Morgan fingerprint density at radius 3 is 2.77 bits per heavy atom. The standard InChI is InChI=1S/C15H22N4O3/c1-12-11-13(19(21)22)3-4-14(12)15(20)17-5-2-8-18-9-6-16-7-10-18/h3-4,11,16H,2,5-10H2,1H3,(H,17,20). The highest BCUT2D eigenvalue weighted by atomic mass is 16.6. The number of carbonyl (C=O) groups excluding carboxylic acids is 1. The normalized spacial score (nSPS) is 15.5. The first-order chi connectivity index (χ1) is 10.6. The van der Waals surface area contributed by atoms with E-state index in [4.69, 9.17) is 0 Å². The summed E-state index contributed by atoms with van der Waals surface area (Å²) in [5.74, 6) is -0.173. The van der Waals surface area contributed by atoms with Crippen LogP contribution in [0.3, 0.4) is 0 Å². The van der Waals surface area contributed by atoms with Gasteiger partial charge in [-0.05, 0) is 31.5 Å². The lowest BCUT2D eigenvalue weighted by Crippen LogP contribution is -2.44. The minimum atomic E-state index is -0.456. The molecule has 1 aliphatic heterocycles. The van der Waals surface area contributed by atoms with E-state index in [1.54, 1.807) is 6.92 Å². The predicted octanol–water partition coefficient (Wildman–Crippen LogP) is 0.928. The Bertz CT molecular complexity index is 542. The van der Waals surface area contributed by atoms with Crippen molar-refractivity contribution in [1.82, 2.24) is 15.5 Å². The van der Waals surface area contributed by atoms with Gasteiger partial charge >= 0.3 is 0 Å². The highest BCUT2D eigenvalue weighted by Crippen LogP contribution is 2.16. The minimum Gasteiger partial charge on any atom is -0.352 e. The maximum Gasteiger partial charge on any atom is 0.269 e. The summed E-state index contributed by atoms with van der Waals surface area (Å²) in [6, 6.07) is 4.30. The zero-order valence-electron chi connectivity index (χ0n) is 12.8. The number of nitro benzene ring substituents is 1. The number of nitrogens with one attached hydrogen (secondary N) is 2. The number of nitrogens with zero attached hydrogens (tertiary/aromatic N) is 2. The van der Waals surface area contributed by atoms with Crippen LogP contribution in [0.4, 0.5) is 5.69 Å². The molecule has 1 amide bonds. The van der Waals surface area contributed by atoms with Crippen LogP contribution >= 0.6 is 0 Å². The van der Waals surface area contributed by atoms with Crippen molar-refractivity contribution >= 4 is 11.6 Å². The van der Waals surface area contributed by atoms with E-state index in [0.29, 0.717) is 17.7 Å². The number of benzene rings is 1. The van der Waals surface area contributed by atoms with Gasteiger partial charge < -0.3 is 15.5 Å². The van der Waals surface area contributed by atoms with Gasteiger partial charge in [-0.15, -0.1) is 0 Å². The van der Waals surface area contributed by atoms with Gasteiger partial charge in [-0.3, -0.25) is 14.9 Å². The molecule has 1 aliphatic rings. The largest absolute Gasteiger partial charge is 0.352 e. The van der Waals surface area contributed by atoms with Gasteiger partial charge in [0.15, 0.2) is 0 Å². The van der Waals surface area contributed by atoms with E-state index in [9.17, 15) is 14.9 Å². The number of aryl methyl sites for hydroxylation is 1. The molecule has 2 N–H and O–H groups in total. The first kappa shape index (κ1) is 16.4. The number of non-ortho nitro benzene ring substituents is 1. The van der Waals surface area contributed by atoms with Gasteiger partial charge in [0, 0.05) is 50.4 Å². The average Bonchev–Trinajstić information content (AvgIpc) is 2.52. The SMILES string of the molecule is Cc1cc([N+](=O)[O-])ccc1C(=O)NCCCN1CCNCC1. The van der Waals surface area contributed by atoms with Crippen LogP contribution in [-0.4, -0.2) is 55.0 Å². The molecule has 0 aliphatic carbocycles. The summed E-state index contributed by atoms with van der Waals surface area (Å²) in [5, 5.41) is 16.9. The summed E-state index contributed by atoms with van der Waals surface area (Å²) in [6.45, 7) is 7.44. The van der Waals surface area contributed by atoms with Crippen LogP contribution in [0.15, 0.2) is 18.2 Å². The summed E-state index contributed by atoms with van der Waals surface area (Å²) in [4.78, 5) is 24.7. The molecule has 1 fully saturated rings. The topological polar surface area (TPSA) is 87.5 Å². The Labute approximate surface area is 129 Å². The average molecular weight is 306 g/mol. The molecule has 1 saturated heterocycles. The van der Waals surface area contributed by atoms with Crippen molar-refractivity contribution in [2.75, 3.05) is 39.3 Å². The lowest BCUT2D eigenvalue weighted by atomic mass is 10.1. The van der Waals surface area contributed by atoms with E-state index in [1.165, 1.54) is 18.2 Å². The fourth-order valence-electron chi connectivity index (χ4n) is 2.55. The van der Waals surface area contributed by atoms with Gasteiger partial charge in [-0.25, -0.2) is 0 Å². The van der Waals surface area contributed by atoms with Gasteiger partial charge in [0.05, 0.1) is 4.92 Å².